The number of carbonyl (C=O) groups is 3. The molecule has 1 fully saturated rings. The molecule has 0 unspecified atom stereocenters. The lowest BCUT2D eigenvalue weighted by molar-refractivity contribution is -0.144. The molecule has 0 saturated carbocycles. The summed E-state index contributed by atoms with van der Waals surface area (Å²) in [6.07, 6.45) is 0. The first-order chi connectivity index (χ1) is 9.99. The highest BCUT2D eigenvalue weighted by Gasteiger charge is 2.45. The summed E-state index contributed by atoms with van der Waals surface area (Å²) < 4.78 is 10.4. The summed E-state index contributed by atoms with van der Waals surface area (Å²) in [4.78, 5) is 37.8. The number of fused-ring (bicyclic) bond motifs is 1. The number of rotatable bonds is 3. The quantitative estimate of drug-likeness (QED) is 0.616. The zero-order valence-electron chi connectivity index (χ0n) is 11.7. The highest BCUT2D eigenvalue weighted by Crippen LogP contribution is 2.33. The maximum Gasteiger partial charge on any atom is 0.334 e. The van der Waals surface area contributed by atoms with Crippen LogP contribution in [0.4, 0.5) is 4.79 Å². The second-order valence-corrected chi connectivity index (χ2v) is 5.13. The van der Waals surface area contributed by atoms with Gasteiger partial charge in [-0.3, -0.25) is 19.4 Å². The van der Waals surface area contributed by atoms with Crippen LogP contribution in [-0.2, 0) is 16.1 Å². The number of amides is 4. The van der Waals surface area contributed by atoms with Crippen LogP contribution in [0, 0.1) is 0 Å². The van der Waals surface area contributed by atoms with Crippen LogP contribution in [-0.4, -0.2) is 40.5 Å². The molecular formula is C14H14N2O5. The Bertz CT molecular complexity index is 640. The lowest BCUT2D eigenvalue weighted by Gasteiger charge is -2.18. The maximum absolute atomic E-state index is 12.2. The second kappa shape index (κ2) is 4.76. The van der Waals surface area contributed by atoms with Gasteiger partial charge in [0, 0.05) is 6.04 Å². The molecule has 0 aliphatic carbocycles. The highest BCUT2D eigenvalue weighted by atomic mass is 16.7. The maximum atomic E-state index is 12.2. The highest BCUT2D eigenvalue weighted by molar-refractivity contribution is 6.44. The minimum Gasteiger partial charge on any atom is -0.454 e. The van der Waals surface area contributed by atoms with Gasteiger partial charge in [-0.15, -0.1) is 0 Å². The molecule has 0 aromatic heterocycles. The van der Waals surface area contributed by atoms with Crippen molar-refractivity contribution in [2.24, 2.45) is 0 Å². The molecule has 0 radical (unpaired) electrons. The van der Waals surface area contributed by atoms with Gasteiger partial charge in [-0.25, -0.2) is 4.79 Å². The lowest BCUT2D eigenvalue weighted by Crippen LogP contribution is -2.37. The van der Waals surface area contributed by atoms with Crippen molar-refractivity contribution in [1.29, 1.82) is 0 Å². The fraction of sp³-hybridized carbons (Fsp3) is 0.357. The van der Waals surface area contributed by atoms with E-state index in [2.05, 4.69) is 0 Å². The van der Waals surface area contributed by atoms with Crippen molar-refractivity contribution in [3.05, 3.63) is 23.8 Å². The van der Waals surface area contributed by atoms with E-state index in [4.69, 9.17) is 9.47 Å². The van der Waals surface area contributed by atoms with E-state index in [-0.39, 0.29) is 19.4 Å². The molecule has 0 N–H and O–H groups in total. The molecule has 0 atom stereocenters. The number of hydrogen-bond acceptors (Lipinski definition) is 5. The van der Waals surface area contributed by atoms with Gasteiger partial charge in [-0.1, -0.05) is 6.07 Å². The van der Waals surface area contributed by atoms with Gasteiger partial charge in [0.2, 0.25) is 6.79 Å². The third-order valence-electron chi connectivity index (χ3n) is 3.38. The van der Waals surface area contributed by atoms with E-state index >= 15 is 0 Å². The Morgan fingerprint density at radius 1 is 1.10 bits per heavy atom. The first kappa shape index (κ1) is 13.4. The molecular weight excluding hydrogens is 276 g/mol. The van der Waals surface area contributed by atoms with Gasteiger partial charge in [0.05, 0.1) is 6.54 Å². The zero-order chi connectivity index (χ0) is 15.1. The van der Waals surface area contributed by atoms with E-state index in [1.807, 2.05) is 0 Å². The van der Waals surface area contributed by atoms with Crippen LogP contribution in [0.15, 0.2) is 18.2 Å². The normalized spacial score (nSPS) is 17.4. The van der Waals surface area contributed by atoms with E-state index < -0.39 is 17.8 Å². The van der Waals surface area contributed by atoms with Crippen molar-refractivity contribution in [3.8, 4) is 11.5 Å². The van der Waals surface area contributed by atoms with E-state index in [0.29, 0.717) is 17.1 Å². The number of hydrogen-bond donors (Lipinski definition) is 0. The van der Waals surface area contributed by atoms with E-state index in [1.165, 1.54) is 0 Å². The van der Waals surface area contributed by atoms with Gasteiger partial charge in [0.1, 0.15) is 0 Å². The average molecular weight is 290 g/mol. The molecule has 0 spiro atoms. The Hall–Kier alpha value is -2.57. The summed E-state index contributed by atoms with van der Waals surface area (Å²) in [7, 11) is 0. The molecule has 7 nitrogen and oxygen atoms in total. The monoisotopic (exact) mass is 290 g/mol. The molecule has 21 heavy (non-hydrogen) atoms. The molecule has 1 aromatic carbocycles. The molecule has 1 saturated heterocycles. The third-order valence-corrected chi connectivity index (χ3v) is 3.38. The van der Waals surface area contributed by atoms with Gasteiger partial charge in [-0.05, 0) is 31.5 Å². The first-order valence-electron chi connectivity index (χ1n) is 6.56. The molecule has 1 aromatic rings. The van der Waals surface area contributed by atoms with Crippen molar-refractivity contribution in [3.63, 3.8) is 0 Å². The van der Waals surface area contributed by atoms with Crippen LogP contribution in [0.1, 0.15) is 19.4 Å². The SMILES string of the molecule is CC(C)N1C(=O)C(=O)N(Cc2ccc3c(c2)OCO3)C1=O. The summed E-state index contributed by atoms with van der Waals surface area (Å²) in [5.41, 5.74) is 0.694. The summed E-state index contributed by atoms with van der Waals surface area (Å²) in [6.45, 7) is 3.56. The summed E-state index contributed by atoms with van der Waals surface area (Å²) in [6, 6.07) is 4.21. The number of benzene rings is 1. The number of nitrogens with zero attached hydrogens (tertiary/aromatic N) is 2. The van der Waals surface area contributed by atoms with Crippen molar-refractivity contribution in [2.75, 3.05) is 6.79 Å². The average Bonchev–Trinajstić information content (AvgIpc) is 2.97. The van der Waals surface area contributed by atoms with Crippen LogP contribution >= 0.6 is 0 Å². The number of ether oxygens (including phenoxy) is 2. The van der Waals surface area contributed by atoms with Crippen LogP contribution in [0.25, 0.3) is 0 Å². The largest absolute Gasteiger partial charge is 0.454 e. The minimum absolute atomic E-state index is 0.0310. The smallest absolute Gasteiger partial charge is 0.334 e. The summed E-state index contributed by atoms with van der Waals surface area (Å²) in [5, 5.41) is 0. The Morgan fingerprint density at radius 2 is 1.81 bits per heavy atom. The van der Waals surface area contributed by atoms with E-state index in [9.17, 15) is 14.4 Å². The summed E-state index contributed by atoms with van der Waals surface area (Å²) in [5.74, 6) is -0.390. The third kappa shape index (κ3) is 2.10. The number of imide groups is 2. The van der Waals surface area contributed by atoms with Gasteiger partial charge in [0.25, 0.3) is 0 Å². The second-order valence-electron chi connectivity index (χ2n) is 5.13. The molecule has 3 rings (SSSR count). The van der Waals surface area contributed by atoms with Crippen molar-refractivity contribution in [2.45, 2.75) is 26.4 Å². The lowest BCUT2D eigenvalue weighted by atomic mass is 10.2. The predicted molar refractivity (Wildman–Crippen MR) is 70.5 cm³/mol. The van der Waals surface area contributed by atoms with Crippen LogP contribution < -0.4 is 9.47 Å². The molecule has 4 amide bonds. The number of carbonyl (C=O) groups excluding carboxylic acids is 3. The van der Waals surface area contributed by atoms with Crippen LogP contribution in [0.2, 0.25) is 0 Å². The Morgan fingerprint density at radius 3 is 2.48 bits per heavy atom. The first-order valence-corrected chi connectivity index (χ1v) is 6.56. The standard InChI is InChI=1S/C14H14N2O5/c1-8(2)16-13(18)12(17)15(14(16)19)6-9-3-4-10-11(5-9)21-7-20-10/h3-5,8H,6-7H2,1-2H3. The molecule has 2 heterocycles. The minimum atomic E-state index is -0.800. The molecule has 110 valence electrons. The van der Waals surface area contributed by atoms with Gasteiger partial charge >= 0.3 is 17.8 Å². The van der Waals surface area contributed by atoms with Crippen LogP contribution in [0.3, 0.4) is 0 Å². The van der Waals surface area contributed by atoms with E-state index in [0.717, 1.165) is 9.80 Å². The fourth-order valence-corrected chi connectivity index (χ4v) is 2.34. The fourth-order valence-electron chi connectivity index (χ4n) is 2.34. The van der Waals surface area contributed by atoms with Gasteiger partial charge in [0.15, 0.2) is 11.5 Å². The zero-order valence-corrected chi connectivity index (χ0v) is 11.7. The van der Waals surface area contributed by atoms with Crippen molar-refractivity contribution in [1.82, 2.24) is 9.80 Å². The van der Waals surface area contributed by atoms with Gasteiger partial charge in [-0.2, -0.15) is 0 Å². The van der Waals surface area contributed by atoms with E-state index in [1.54, 1.807) is 32.0 Å². The van der Waals surface area contributed by atoms with Crippen LogP contribution in [0.5, 0.6) is 11.5 Å². The summed E-state index contributed by atoms with van der Waals surface area (Å²) >= 11 is 0. The van der Waals surface area contributed by atoms with Crippen molar-refractivity contribution >= 4 is 17.8 Å². The topological polar surface area (TPSA) is 76.2 Å². The Balaban J connectivity index is 1.83. The predicted octanol–water partition coefficient (Wildman–Crippen LogP) is 1.11. The van der Waals surface area contributed by atoms with Gasteiger partial charge < -0.3 is 9.47 Å². The molecule has 2 aliphatic rings. The number of urea groups is 1. The Labute approximate surface area is 121 Å². The molecule has 7 heteroatoms. The van der Waals surface area contributed by atoms with Crippen molar-refractivity contribution < 1.29 is 23.9 Å². The molecule has 0 bridgehead atoms. The molecule has 2 aliphatic heterocycles. The Kier molecular flexibility index (Phi) is 3.04.